The Balaban J connectivity index is 1.84. The zero-order valence-electron chi connectivity index (χ0n) is 15.2. The van der Waals surface area contributed by atoms with Gasteiger partial charge in [-0.1, -0.05) is 33.6 Å². The van der Waals surface area contributed by atoms with Gasteiger partial charge in [-0.05, 0) is 55.8 Å². The van der Waals surface area contributed by atoms with Gasteiger partial charge in [0, 0.05) is 26.6 Å². The van der Waals surface area contributed by atoms with Crippen molar-refractivity contribution >= 4 is 62.3 Å². The van der Waals surface area contributed by atoms with Gasteiger partial charge in [0.15, 0.2) is 0 Å². The Bertz CT molecular complexity index is 929. The maximum Gasteiger partial charge on any atom is 0.329 e. The van der Waals surface area contributed by atoms with E-state index in [2.05, 4.69) is 37.1 Å². The van der Waals surface area contributed by atoms with Crippen LogP contribution >= 0.6 is 27.5 Å². The second-order valence-corrected chi connectivity index (χ2v) is 7.26. The zero-order valence-corrected chi connectivity index (χ0v) is 17.5. The smallest absolute Gasteiger partial charge is 0.326 e. The van der Waals surface area contributed by atoms with E-state index < -0.39 is 11.8 Å². The summed E-state index contributed by atoms with van der Waals surface area (Å²) in [5, 5.41) is 9.38. The number of hydrogen-bond donors (Lipinski definition) is 3. The van der Waals surface area contributed by atoms with Crippen molar-refractivity contribution in [2.75, 3.05) is 10.6 Å². The van der Waals surface area contributed by atoms with Gasteiger partial charge in [-0.2, -0.15) is 5.10 Å². The lowest BCUT2D eigenvalue weighted by atomic mass is 10.2. The monoisotopic (exact) mass is 464 g/mol. The third-order valence-electron chi connectivity index (χ3n) is 3.53. The molecule has 0 aliphatic rings. The summed E-state index contributed by atoms with van der Waals surface area (Å²) in [5.74, 6) is -2.14. The van der Waals surface area contributed by atoms with Gasteiger partial charge in [-0.3, -0.25) is 14.4 Å². The lowest BCUT2D eigenvalue weighted by molar-refractivity contribution is -0.136. The van der Waals surface area contributed by atoms with Gasteiger partial charge in [-0.25, -0.2) is 5.43 Å². The molecule has 0 aliphatic heterocycles. The zero-order chi connectivity index (χ0) is 20.7. The Labute approximate surface area is 175 Å². The highest BCUT2D eigenvalue weighted by molar-refractivity contribution is 9.10. The molecule has 0 spiro atoms. The molecule has 0 bridgehead atoms. The van der Waals surface area contributed by atoms with Crippen LogP contribution in [0.5, 0.6) is 0 Å². The number of amides is 3. The molecule has 0 atom stereocenters. The van der Waals surface area contributed by atoms with Gasteiger partial charge in [0.05, 0.1) is 6.42 Å². The Morgan fingerprint density at radius 2 is 1.64 bits per heavy atom. The molecule has 0 radical (unpaired) electrons. The van der Waals surface area contributed by atoms with Crippen molar-refractivity contribution in [3.05, 3.63) is 57.5 Å². The fourth-order valence-corrected chi connectivity index (χ4v) is 2.51. The van der Waals surface area contributed by atoms with Crippen molar-refractivity contribution in [3.8, 4) is 0 Å². The molecule has 2 rings (SSSR count). The predicted molar refractivity (Wildman–Crippen MR) is 113 cm³/mol. The molecule has 0 saturated heterocycles. The maximum absolute atomic E-state index is 12.0. The number of aryl methyl sites for hydroxylation is 1. The minimum absolute atomic E-state index is 0.0362. The van der Waals surface area contributed by atoms with Gasteiger partial charge in [0.2, 0.25) is 5.91 Å². The number of carbonyl (C=O) groups excluding carboxylic acids is 3. The van der Waals surface area contributed by atoms with E-state index in [0.29, 0.717) is 22.1 Å². The number of hydrogen-bond acceptors (Lipinski definition) is 4. The fourth-order valence-electron chi connectivity index (χ4n) is 2.07. The molecule has 7 nitrogen and oxygen atoms in total. The molecule has 0 fully saturated rings. The summed E-state index contributed by atoms with van der Waals surface area (Å²) in [7, 11) is 0. The minimum Gasteiger partial charge on any atom is -0.326 e. The highest BCUT2D eigenvalue weighted by atomic mass is 79.9. The first-order valence-corrected chi connectivity index (χ1v) is 9.38. The van der Waals surface area contributed by atoms with E-state index in [1.54, 1.807) is 49.4 Å². The van der Waals surface area contributed by atoms with Gasteiger partial charge < -0.3 is 10.6 Å². The first kappa shape index (κ1) is 21.6. The van der Waals surface area contributed by atoms with E-state index >= 15 is 0 Å². The van der Waals surface area contributed by atoms with Gasteiger partial charge in [0.25, 0.3) is 0 Å². The summed E-state index contributed by atoms with van der Waals surface area (Å²) in [6, 6.07) is 12.0. The fraction of sp³-hybridized carbons (Fsp3) is 0.158. The van der Waals surface area contributed by atoms with E-state index in [1.165, 1.54) is 0 Å². The van der Waals surface area contributed by atoms with E-state index in [0.717, 1.165) is 10.0 Å². The standard InChI is InChI=1S/C19H18BrClN4O3/c1-11-3-6-15(10-16(11)21)23-18(27)19(28)25-24-12(2)9-17(26)22-14-7-4-13(20)5-8-14/h3-8,10H,9H2,1-2H3,(H,22,26)(H,23,27)(H,25,28)/b24-12+. The number of anilines is 2. The van der Waals surface area contributed by atoms with Crippen molar-refractivity contribution in [3.63, 3.8) is 0 Å². The SMILES string of the molecule is C/C(CC(=O)Nc1ccc(Br)cc1)=N\NC(=O)C(=O)Nc1ccc(C)c(Cl)c1. The largest absolute Gasteiger partial charge is 0.329 e. The highest BCUT2D eigenvalue weighted by Gasteiger charge is 2.14. The van der Waals surface area contributed by atoms with Gasteiger partial charge in [-0.15, -0.1) is 0 Å². The first-order valence-electron chi connectivity index (χ1n) is 8.20. The molecule has 0 saturated carbocycles. The Kier molecular flexibility index (Phi) is 7.71. The highest BCUT2D eigenvalue weighted by Crippen LogP contribution is 2.19. The normalized spacial score (nSPS) is 10.9. The van der Waals surface area contributed by atoms with Crippen LogP contribution in [0.25, 0.3) is 0 Å². The van der Waals surface area contributed by atoms with Crippen molar-refractivity contribution in [1.29, 1.82) is 0 Å². The lowest BCUT2D eigenvalue weighted by Crippen LogP contribution is -2.33. The molecule has 2 aromatic rings. The van der Waals surface area contributed by atoms with Crippen LogP contribution in [0.4, 0.5) is 11.4 Å². The van der Waals surface area contributed by atoms with Crippen LogP contribution in [0.3, 0.4) is 0 Å². The summed E-state index contributed by atoms with van der Waals surface area (Å²) in [6.07, 6.45) is -0.0362. The third kappa shape index (κ3) is 6.79. The van der Waals surface area contributed by atoms with Crippen molar-refractivity contribution in [2.45, 2.75) is 20.3 Å². The second-order valence-electron chi connectivity index (χ2n) is 5.94. The molecule has 0 heterocycles. The molecule has 146 valence electrons. The maximum atomic E-state index is 12.0. The van der Waals surface area contributed by atoms with Crippen LogP contribution in [-0.4, -0.2) is 23.4 Å². The van der Waals surface area contributed by atoms with Crippen LogP contribution in [-0.2, 0) is 14.4 Å². The summed E-state index contributed by atoms with van der Waals surface area (Å²) in [5.41, 5.74) is 4.35. The average Bonchev–Trinajstić information content (AvgIpc) is 2.64. The van der Waals surface area contributed by atoms with E-state index in [4.69, 9.17) is 11.6 Å². The molecule has 3 amide bonds. The number of nitrogens with zero attached hydrogens (tertiary/aromatic N) is 1. The molecule has 28 heavy (non-hydrogen) atoms. The Hall–Kier alpha value is -2.71. The first-order chi connectivity index (χ1) is 13.2. The molecule has 0 aliphatic carbocycles. The number of benzene rings is 2. The van der Waals surface area contributed by atoms with E-state index in [9.17, 15) is 14.4 Å². The van der Waals surface area contributed by atoms with Gasteiger partial charge >= 0.3 is 11.8 Å². The number of carbonyl (C=O) groups is 3. The van der Waals surface area contributed by atoms with E-state index in [-0.39, 0.29) is 12.3 Å². The summed E-state index contributed by atoms with van der Waals surface area (Å²) in [6.45, 7) is 3.39. The Morgan fingerprint density at radius 3 is 2.29 bits per heavy atom. The minimum atomic E-state index is -0.954. The van der Waals surface area contributed by atoms with Crippen LogP contribution in [0.15, 0.2) is 52.0 Å². The third-order valence-corrected chi connectivity index (χ3v) is 4.46. The molecule has 2 aromatic carbocycles. The van der Waals surface area contributed by atoms with E-state index in [1.807, 2.05) is 6.92 Å². The number of hydrazone groups is 1. The topological polar surface area (TPSA) is 99.7 Å². The van der Waals surface area contributed by atoms with Gasteiger partial charge in [0.1, 0.15) is 0 Å². The van der Waals surface area contributed by atoms with Crippen LogP contribution in [0.1, 0.15) is 18.9 Å². The van der Waals surface area contributed by atoms with Crippen molar-refractivity contribution in [1.82, 2.24) is 5.43 Å². The van der Waals surface area contributed by atoms with Crippen LogP contribution in [0, 0.1) is 6.92 Å². The summed E-state index contributed by atoms with van der Waals surface area (Å²) >= 11 is 9.29. The number of nitrogens with one attached hydrogen (secondary N) is 3. The summed E-state index contributed by atoms with van der Waals surface area (Å²) < 4.78 is 0.900. The molecule has 3 N–H and O–H groups in total. The van der Waals surface area contributed by atoms with Crippen molar-refractivity contribution < 1.29 is 14.4 Å². The number of halogens is 2. The number of rotatable bonds is 5. The second kappa shape index (κ2) is 10.0. The lowest BCUT2D eigenvalue weighted by Gasteiger charge is -2.07. The average molecular weight is 466 g/mol. The van der Waals surface area contributed by atoms with Crippen molar-refractivity contribution in [2.24, 2.45) is 5.10 Å². The molecule has 9 heteroatoms. The Morgan fingerprint density at radius 1 is 1.00 bits per heavy atom. The molecular weight excluding hydrogens is 448 g/mol. The summed E-state index contributed by atoms with van der Waals surface area (Å²) in [4.78, 5) is 35.7. The molecule has 0 unspecified atom stereocenters. The predicted octanol–water partition coefficient (Wildman–Crippen LogP) is 3.87. The van der Waals surface area contributed by atoms with Crippen LogP contribution < -0.4 is 16.1 Å². The molecular formula is C19H18BrClN4O3. The molecule has 0 aromatic heterocycles. The van der Waals surface area contributed by atoms with Crippen LogP contribution in [0.2, 0.25) is 5.02 Å². The quantitative estimate of drug-likeness (QED) is 0.355.